The van der Waals surface area contributed by atoms with Crippen molar-refractivity contribution >= 4 is 21.4 Å². The maximum Gasteiger partial charge on any atom is 0.0819 e. The van der Waals surface area contributed by atoms with E-state index >= 15 is 0 Å². The Labute approximate surface area is 96.0 Å². The van der Waals surface area contributed by atoms with Gasteiger partial charge < -0.3 is 9.64 Å². The van der Waals surface area contributed by atoms with E-state index in [1.807, 2.05) is 0 Å². The lowest BCUT2D eigenvalue weighted by molar-refractivity contribution is 0.189. The molecule has 4 heteroatoms. The lowest BCUT2D eigenvalue weighted by Gasteiger charge is -2.17. The van der Waals surface area contributed by atoms with Crippen LogP contribution in [0.5, 0.6) is 0 Å². The topological polar surface area (TPSA) is 12.5 Å². The van der Waals surface area contributed by atoms with E-state index in [-0.39, 0.29) is 8.80 Å². The molecular weight excluding hydrogens is 210 g/mol. The molecule has 0 spiro atoms. The Morgan fingerprint density at radius 3 is 2.50 bits per heavy atom. The molecule has 0 rings (SSSR count). The second kappa shape index (κ2) is 10.0. The van der Waals surface area contributed by atoms with Crippen LogP contribution in [0.3, 0.4) is 0 Å². The molecule has 0 aliphatic carbocycles. The van der Waals surface area contributed by atoms with Crippen LogP contribution < -0.4 is 0 Å². The molecule has 0 atom stereocenters. The molecule has 0 unspecified atom stereocenters. The van der Waals surface area contributed by atoms with Gasteiger partial charge in [0.1, 0.15) is 0 Å². The highest BCUT2D eigenvalue weighted by Crippen LogP contribution is 2.05. The Hall–Kier alpha value is 0.487. The summed E-state index contributed by atoms with van der Waals surface area (Å²) in [6.45, 7) is 4.13. The van der Waals surface area contributed by atoms with Crippen molar-refractivity contribution in [3.05, 3.63) is 0 Å². The van der Waals surface area contributed by atoms with Crippen molar-refractivity contribution in [2.24, 2.45) is 0 Å². The van der Waals surface area contributed by atoms with Crippen LogP contribution in [0.15, 0.2) is 0 Å². The van der Waals surface area contributed by atoms with E-state index in [4.69, 9.17) is 4.74 Å². The molecule has 0 aliphatic heterocycles. The van der Waals surface area contributed by atoms with E-state index < -0.39 is 0 Å². The Kier molecular flexibility index (Phi) is 10.4. The molecule has 0 saturated carbocycles. The van der Waals surface area contributed by atoms with E-state index in [1.54, 1.807) is 0 Å². The summed E-state index contributed by atoms with van der Waals surface area (Å²) >= 11 is 4.26. The van der Waals surface area contributed by atoms with E-state index in [0.29, 0.717) is 0 Å². The fourth-order valence-corrected chi connectivity index (χ4v) is 4.15. The van der Waals surface area contributed by atoms with Crippen LogP contribution in [0.1, 0.15) is 13.3 Å². The minimum Gasteiger partial charge on any atom is -0.385 e. The third-order valence-electron chi connectivity index (χ3n) is 2.11. The Balaban J connectivity index is 3.60. The van der Waals surface area contributed by atoms with Crippen molar-refractivity contribution in [2.45, 2.75) is 25.4 Å². The van der Waals surface area contributed by atoms with Crippen LogP contribution in [-0.2, 0) is 4.74 Å². The number of hydrogen-bond donors (Lipinski definition) is 1. The molecule has 0 fully saturated rings. The van der Waals surface area contributed by atoms with Gasteiger partial charge in [-0.05, 0) is 45.8 Å². The van der Waals surface area contributed by atoms with Gasteiger partial charge >= 0.3 is 0 Å². The second-order valence-electron chi connectivity index (χ2n) is 3.77. The van der Waals surface area contributed by atoms with E-state index in [2.05, 4.69) is 38.5 Å². The summed E-state index contributed by atoms with van der Waals surface area (Å²) in [5.41, 5.74) is 0. The summed E-state index contributed by atoms with van der Waals surface area (Å²) in [4.78, 5) is 2.26. The van der Waals surface area contributed by atoms with Gasteiger partial charge in [-0.25, -0.2) is 0 Å². The maximum absolute atomic E-state index is 5.53. The molecule has 0 aliphatic rings. The summed E-state index contributed by atoms with van der Waals surface area (Å²) in [6, 6.07) is 2.69. The van der Waals surface area contributed by atoms with Crippen LogP contribution in [0, 0.1) is 0 Å². The first kappa shape index (κ1) is 14.5. The van der Waals surface area contributed by atoms with Crippen molar-refractivity contribution in [1.82, 2.24) is 4.90 Å². The molecule has 0 N–H and O–H groups in total. The maximum atomic E-state index is 5.53. The molecule has 0 heterocycles. The van der Waals surface area contributed by atoms with Crippen molar-refractivity contribution in [2.75, 3.05) is 39.2 Å². The first-order valence-corrected chi connectivity index (χ1v) is 8.13. The molecule has 14 heavy (non-hydrogen) atoms. The quantitative estimate of drug-likeness (QED) is 0.483. The molecule has 0 aromatic rings. The van der Waals surface area contributed by atoms with Crippen molar-refractivity contribution < 1.29 is 4.74 Å². The number of ether oxygens (including phenoxy) is 1. The number of hydrogen-bond acceptors (Lipinski definition) is 3. The van der Waals surface area contributed by atoms with Crippen LogP contribution in [-0.4, -0.2) is 52.9 Å². The summed E-state index contributed by atoms with van der Waals surface area (Å²) in [7, 11) is 4.00. The normalized spacial score (nSPS) is 11.6. The average Bonchev–Trinajstić information content (AvgIpc) is 2.16. The van der Waals surface area contributed by atoms with Gasteiger partial charge in [-0.1, -0.05) is 6.04 Å². The van der Waals surface area contributed by atoms with E-state index in [0.717, 1.165) is 18.6 Å². The molecule has 0 saturated heterocycles. The molecular formula is C10H24NOSSi. The van der Waals surface area contributed by atoms with Crippen LogP contribution in [0.4, 0.5) is 0 Å². The fourth-order valence-electron chi connectivity index (χ4n) is 1.23. The van der Waals surface area contributed by atoms with E-state index in [9.17, 15) is 0 Å². The second-order valence-corrected chi connectivity index (χ2v) is 7.00. The molecule has 1 radical (unpaired) electrons. The monoisotopic (exact) mass is 234 g/mol. The Morgan fingerprint density at radius 1 is 1.29 bits per heavy atom. The van der Waals surface area contributed by atoms with Crippen molar-refractivity contribution in [3.63, 3.8) is 0 Å². The highest BCUT2D eigenvalue weighted by atomic mass is 32.1. The number of nitrogens with zero attached hydrogens (tertiary/aromatic N) is 1. The smallest absolute Gasteiger partial charge is 0.0819 e. The van der Waals surface area contributed by atoms with E-state index in [1.165, 1.54) is 25.1 Å². The summed E-state index contributed by atoms with van der Waals surface area (Å²) in [6.07, 6.45) is 2.26. The van der Waals surface area contributed by atoms with Gasteiger partial charge in [0.05, 0.1) is 8.80 Å². The fraction of sp³-hybridized carbons (Fsp3) is 1.00. The minimum atomic E-state index is -0.278. The first-order chi connectivity index (χ1) is 6.70. The third kappa shape index (κ3) is 9.06. The third-order valence-corrected chi connectivity index (χ3v) is 5.03. The molecule has 2 nitrogen and oxygen atoms in total. The molecule has 0 aromatic heterocycles. The summed E-state index contributed by atoms with van der Waals surface area (Å²) in [5.74, 6) is 1.02. The van der Waals surface area contributed by atoms with Crippen molar-refractivity contribution in [3.8, 4) is 0 Å². The van der Waals surface area contributed by atoms with Gasteiger partial charge in [0, 0.05) is 12.8 Å². The van der Waals surface area contributed by atoms with Gasteiger partial charge in [-0.2, -0.15) is 12.6 Å². The van der Waals surface area contributed by atoms with Gasteiger partial charge in [0.15, 0.2) is 0 Å². The summed E-state index contributed by atoms with van der Waals surface area (Å²) in [5, 5.41) is 0. The van der Waals surface area contributed by atoms with Crippen molar-refractivity contribution in [1.29, 1.82) is 0 Å². The predicted octanol–water partition coefficient (Wildman–Crippen LogP) is 1.94. The van der Waals surface area contributed by atoms with Crippen LogP contribution in [0.2, 0.25) is 12.1 Å². The largest absolute Gasteiger partial charge is 0.385 e. The standard InChI is InChI=1S/C10H24NOSSi/c1-4-12-10-14(8-5-7-13)9-6-11(2)3/h13H,4-10H2,1-3H3. The average molecular weight is 234 g/mol. The SMILES string of the molecule is CCOC[Si](CCCS)CCN(C)C. The number of thiol groups is 1. The van der Waals surface area contributed by atoms with Gasteiger partial charge in [-0.3, -0.25) is 0 Å². The van der Waals surface area contributed by atoms with Gasteiger partial charge in [0.2, 0.25) is 0 Å². The summed E-state index contributed by atoms with van der Waals surface area (Å²) < 4.78 is 5.53. The molecule has 0 aromatic carbocycles. The highest BCUT2D eigenvalue weighted by Gasteiger charge is 2.10. The van der Waals surface area contributed by atoms with Gasteiger partial charge in [0.25, 0.3) is 0 Å². The Morgan fingerprint density at radius 2 is 2.00 bits per heavy atom. The minimum absolute atomic E-state index is 0.278. The lowest BCUT2D eigenvalue weighted by atomic mass is 10.6. The molecule has 0 amide bonds. The highest BCUT2D eigenvalue weighted by molar-refractivity contribution is 7.80. The van der Waals surface area contributed by atoms with Crippen LogP contribution >= 0.6 is 12.6 Å². The molecule has 0 bridgehead atoms. The molecule has 85 valence electrons. The zero-order valence-corrected chi connectivity index (χ0v) is 11.6. The Bertz CT molecular complexity index is 117. The predicted molar refractivity (Wildman–Crippen MR) is 68.9 cm³/mol. The van der Waals surface area contributed by atoms with Gasteiger partial charge in [-0.15, -0.1) is 0 Å². The zero-order chi connectivity index (χ0) is 10.8. The zero-order valence-electron chi connectivity index (χ0n) is 9.75. The lowest BCUT2D eigenvalue weighted by Crippen LogP contribution is -2.26. The number of rotatable bonds is 9. The van der Waals surface area contributed by atoms with Crippen LogP contribution in [0.25, 0.3) is 0 Å². The first-order valence-electron chi connectivity index (χ1n) is 5.37.